The molecule has 1 aliphatic heterocycles. The Labute approximate surface area is 179 Å². The number of aromatic nitrogens is 1. The Morgan fingerprint density at radius 3 is 2.53 bits per heavy atom. The Hall–Kier alpha value is -2.75. The van der Waals surface area contributed by atoms with E-state index in [1.54, 1.807) is 0 Å². The maximum Gasteiger partial charge on any atom is 0.244 e. The van der Waals surface area contributed by atoms with Crippen molar-refractivity contribution in [2.75, 3.05) is 18.1 Å². The summed E-state index contributed by atoms with van der Waals surface area (Å²) in [5, 5.41) is 5.06. The van der Waals surface area contributed by atoms with Crippen LogP contribution < -0.4 is 10.1 Å². The second-order valence-electron chi connectivity index (χ2n) is 7.00. The summed E-state index contributed by atoms with van der Waals surface area (Å²) in [5.41, 5.74) is 1.62. The van der Waals surface area contributed by atoms with Crippen LogP contribution in [0, 0.1) is 0 Å². The van der Waals surface area contributed by atoms with Crippen molar-refractivity contribution < 1.29 is 17.9 Å². The zero-order valence-corrected chi connectivity index (χ0v) is 17.9. The molecule has 1 N–H and O–H groups in total. The van der Waals surface area contributed by atoms with E-state index in [1.165, 1.54) is 15.6 Å². The molecule has 0 radical (unpaired) electrons. The normalized spacial score (nSPS) is 17.0. The molecule has 1 fully saturated rings. The average Bonchev–Trinajstić information content (AvgIpc) is 3.39. The van der Waals surface area contributed by atoms with Crippen molar-refractivity contribution in [2.24, 2.45) is 0 Å². The van der Waals surface area contributed by atoms with Crippen molar-refractivity contribution in [2.45, 2.75) is 18.9 Å². The lowest BCUT2D eigenvalue weighted by Gasteiger charge is -2.20. The van der Waals surface area contributed by atoms with Gasteiger partial charge in [0.2, 0.25) is 15.9 Å². The second-order valence-corrected chi connectivity index (χ2v) is 9.79. The van der Waals surface area contributed by atoms with Gasteiger partial charge in [-0.2, -0.15) is 4.31 Å². The molecule has 9 heteroatoms. The third-order valence-corrected chi connectivity index (χ3v) is 6.84. The fraction of sp³-hybridized carbons (Fsp3) is 0.238. The summed E-state index contributed by atoms with van der Waals surface area (Å²) in [6, 6.07) is 16.4. The first kappa shape index (κ1) is 20.5. The molecule has 156 valence electrons. The smallest absolute Gasteiger partial charge is 0.244 e. The highest BCUT2D eigenvalue weighted by Crippen LogP contribution is 2.29. The molecule has 30 heavy (non-hydrogen) atoms. The molecule has 1 atom stereocenters. The maximum absolute atomic E-state index is 12.6. The van der Waals surface area contributed by atoms with Crippen molar-refractivity contribution >= 4 is 32.4 Å². The minimum atomic E-state index is -3.41. The fourth-order valence-corrected chi connectivity index (χ4v) is 5.22. The molecule has 0 saturated carbocycles. The summed E-state index contributed by atoms with van der Waals surface area (Å²) < 4.78 is 30.8. The second kappa shape index (κ2) is 8.55. The van der Waals surface area contributed by atoms with E-state index in [2.05, 4.69) is 10.3 Å². The largest absolute Gasteiger partial charge is 0.457 e. The summed E-state index contributed by atoms with van der Waals surface area (Å²) in [5.74, 6) is 1.14. The third kappa shape index (κ3) is 4.69. The average molecular weight is 444 g/mol. The Balaban J connectivity index is 1.42. The minimum absolute atomic E-state index is 0.342. The first-order valence-corrected chi connectivity index (χ1v) is 12.2. The SMILES string of the molecule is CS(=O)(=O)N1CCCC1C(=O)Nc1nc(-c2ccc(Oc3ccccc3)cc2)cs1. The highest BCUT2D eigenvalue weighted by Gasteiger charge is 2.36. The van der Waals surface area contributed by atoms with Gasteiger partial charge >= 0.3 is 0 Å². The van der Waals surface area contributed by atoms with Gasteiger partial charge in [0.05, 0.1) is 11.9 Å². The van der Waals surface area contributed by atoms with Crippen molar-refractivity contribution in [1.29, 1.82) is 0 Å². The number of nitrogens with one attached hydrogen (secondary N) is 1. The Kier molecular flexibility index (Phi) is 5.85. The first-order chi connectivity index (χ1) is 14.4. The van der Waals surface area contributed by atoms with Crippen molar-refractivity contribution in [3.05, 3.63) is 60.0 Å². The summed E-state index contributed by atoms with van der Waals surface area (Å²) in [4.78, 5) is 17.0. The molecular formula is C21H21N3O4S2. The van der Waals surface area contributed by atoms with Crippen LogP contribution in [0.5, 0.6) is 11.5 Å². The van der Waals surface area contributed by atoms with Crippen LogP contribution in [-0.2, 0) is 14.8 Å². The lowest BCUT2D eigenvalue weighted by atomic mass is 10.2. The molecule has 2 aromatic carbocycles. The Morgan fingerprint density at radius 1 is 1.13 bits per heavy atom. The third-order valence-electron chi connectivity index (χ3n) is 4.80. The maximum atomic E-state index is 12.6. The summed E-state index contributed by atoms with van der Waals surface area (Å²) >= 11 is 1.30. The monoisotopic (exact) mass is 443 g/mol. The van der Waals surface area contributed by atoms with Gasteiger partial charge in [-0.25, -0.2) is 13.4 Å². The summed E-state index contributed by atoms with van der Waals surface area (Å²) in [6.45, 7) is 0.372. The number of nitrogens with zero attached hydrogens (tertiary/aromatic N) is 2. The van der Waals surface area contributed by atoms with Gasteiger partial charge < -0.3 is 10.1 Å². The highest BCUT2D eigenvalue weighted by atomic mass is 32.2. The van der Waals surface area contributed by atoms with Gasteiger partial charge in [0.15, 0.2) is 5.13 Å². The number of benzene rings is 2. The molecule has 2 heterocycles. The Morgan fingerprint density at radius 2 is 1.83 bits per heavy atom. The van der Waals surface area contributed by atoms with Crippen LogP contribution >= 0.6 is 11.3 Å². The van der Waals surface area contributed by atoms with E-state index in [1.807, 2.05) is 60.0 Å². The lowest BCUT2D eigenvalue weighted by molar-refractivity contribution is -0.119. The van der Waals surface area contributed by atoms with E-state index < -0.39 is 16.1 Å². The molecule has 0 spiro atoms. The number of rotatable bonds is 6. The van der Waals surface area contributed by atoms with E-state index in [9.17, 15) is 13.2 Å². The van der Waals surface area contributed by atoms with Crippen molar-refractivity contribution in [3.63, 3.8) is 0 Å². The number of anilines is 1. The summed E-state index contributed by atoms with van der Waals surface area (Å²) in [7, 11) is -3.41. The molecular weight excluding hydrogens is 422 g/mol. The van der Waals surface area contributed by atoms with Crippen LogP contribution in [0.1, 0.15) is 12.8 Å². The molecule has 3 aromatic rings. The molecule has 1 aromatic heterocycles. The van der Waals surface area contributed by atoms with Crippen LogP contribution in [0.15, 0.2) is 60.0 Å². The molecule has 1 aliphatic rings. The van der Waals surface area contributed by atoms with Gasteiger partial charge in [-0.3, -0.25) is 4.79 Å². The van der Waals surface area contributed by atoms with Gasteiger partial charge in [0, 0.05) is 17.5 Å². The molecule has 0 aliphatic carbocycles. The van der Waals surface area contributed by atoms with Crippen LogP contribution in [-0.4, -0.2) is 42.5 Å². The van der Waals surface area contributed by atoms with Crippen LogP contribution in [0.25, 0.3) is 11.3 Å². The van der Waals surface area contributed by atoms with Gasteiger partial charge in [0.25, 0.3) is 0 Å². The Bertz CT molecular complexity index is 1130. The van der Waals surface area contributed by atoms with Crippen LogP contribution in [0.3, 0.4) is 0 Å². The zero-order chi connectivity index (χ0) is 21.1. The van der Waals surface area contributed by atoms with Crippen molar-refractivity contribution in [1.82, 2.24) is 9.29 Å². The molecule has 1 unspecified atom stereocenters. The van der Waals surface area contributed by atoms with Gasteiger partial charge in [0.1, 0.15) is 17.5 Å². The van der Waals surface area contributed by atoms with E-state index in [4.69, 9.17) is 4.74 Å². The van der Waals surface area contributed by atoms with Gasteiger partial charge in [-0.05, 0) is 49.2 Å². The number of hydrogen-bond acceptors (Lipinski definition) is 6. The van der Waals surface area contributed by atoms with E-state index in [0.29, 0.717) is 24.5 Å². The van der Waals surface area contributed by atoms with Crippen LogP contribution in [0.2, 0.25) is 0 Å². The molecule has 0 bridgehead atoms. The number of amides is 1. The number of ether oxygens (including phenoxy) is 1. The predicted octanol–water partition coefficient (Wildman–Crippen LogP) is 3.96. The number of carbonyl (C=O) groups excluding carboxylic acids is 1. The molecule has 1 amide bonds. The van der Waals surface area contributed by atoms with E-state index >= 15 is 0 Å². The lowest BCUT2D eigenvalue weighted by Crippen LogP contribution is -2.42. The topological polar surface area (TPSA) is 88.6 Å². The zero-order valence-electron chi connectivity index (χ0n) is 16.3. The molecule has 4 rings (SSSR count). The van der Waals surface area contributed by atoms with Gasteiger partial charge in [-0.1, -0.05) is 18.2 Å². The number of carbonyl (C=O) groups is 1. The standard InChI is InChI=1S/C21H21N3O4S2/c1-30(26,27)24-13-5-8-19(24)20(25)23-21-22-18(14-29-21)15-9-11-17(12-10-15)28-16-6-3-2-4-7-16/h2-4,6-7,9-12,14,19H,5,8,13H2,1H3,(H,22,23,25). The van der Waals surface area contributed by atoms with Gasteiger partial charge in [-0.15, -0.1) is 11.3 Å². The number of thiazole rings is 1. The summed E-state index contributed by atoms with van der Waals surface area (Å²) in [6.07, 6.45) is 2.32. The van der Waals surface area contributed by atoms with Crippen LogP contribution in [0.4, 0.5) is 5.13 Å². The highest BCUT2D eigenvalue weighted by molar-refractivity contribution is 7.88. The fourth-order valence-electron chi connectivity index (χ4n) is 3.37. The van der Waals surface area contributed by atoms with E-state index in [0.717, 1.165) is 29.0 Å². The number of para-hydroxylation sites is 1. The number of hydrogen-bond donors (Lipinski definition) is 1. The first-order valence-electron chi connectivity index (χ1n) is 9.47. The van der Waals surface area contributed by atoms with Crippen molar-refractivity contribution in [3.8, 4) is 22.8 Å². The van der Waals surface area contributed by atoms with E-state index in [-0.39, 0.29) is 5.91 Å². The molecule has 7 nitrogen and oxygen atoms in total. The minimum Gasteiger partial charge on any atom is -0.457 e. The molecule has 1 saturated heterocycles. The predicted molar refractivity (Wildman–Crippen MR) is 117 cm³/mol. The quantitative estimate of drug-likeness (QED) is 0.623. The number of sulfonamides is 1.